The number of hydrogen-bond acceptors (Lipinski definition) is 2. The fourth-order valence-corrected chi connectivity index (χ4v) is 3.10. The third-order valence-corrected chi connectivity index (χ3v) is 4.42. The molecule has 0 saturated heterocycles. The van der Waals surface area contributed by atoms with E-state index in [0.29, 0.717) is 5.92 Å². The lowest BCUT2D eigenvalue weighted by Gasteiger charge is -2.42. The van der Waals surface area contributed by atoms with Gasteiger partial charge in [-0.05, 0) is 43.6 Å². The Hall–Kier alpha value is -0.290. The molecule has 1 saturated carbocycles. The molecule has 3 unspecified atom stereocenters. The lowest BCUT2D eigenvalue weighted by atomic mass is 9.70. The molecule has 126 valence electrons. The zero-order chi connectivity index (χ0) is 16.1. The maximum absolute atomic E-state index is 12.2. The van der Waals surface area contributed by atoms with Crippen LogP contribution in [0.5, 0.6) is 0 Å². The van der Waals surface area contributed by atoms with Crippen LogP contribution in [0.1, 0.15) is 59.8 Å². The molecule has 0 heterocycles. The van der Waals surface area contributed by atoms with E-state index in [0.717, 1.165) is 25.8 Å². The molecular formula is C16H30F3NO. The summed E-state index contributed by atoms with van der Waals surface area (Å²) < 4.78 is 42.3. The smallest absolute Gasteiger partial charge is 0.377 e. The fraction of sp³-hybridized carbons (Fsp3) is 1.00. The van der Waals surface area contributed by atoms with Crippen molar-refractivity contribution in [3.8, 4) is 0 Å². The van der Waals surface area contributed by atoms with Crippen LogP contribution in [-0.4, -0.2) is 31.5 Å². The number of nitrogens with one attached hydrogen (secondary N) is 1. The van der Waals surface area contributed by atoms with Crippen LogP contribution in [0, 0.1) is 11.3 Å². The van der Waals surface area contributed by atoms with Crippen LogP contribution in [0.4, 0.5) is 13.2 Å². The van der Waals surface area contributed by atoms with Gasteiger partial charge in [-0.1, -0.05) is 27.7 Å². The number of ether oxygens (including phenoxy) is 1. The fourth-order valence-electron chi connectivity index (χ4n) is 3.10. The van der Waals surface area contributed by atoms with E-state index in [9.17, 15) is 13.2 Å². The van der Waals surface area contributed by atoms with E-state index in [1.165, 1.54) is 0 Å². The third-order valence-electron chi connectivity index (χ3n) is 4.42. The first kappa shape index (κ1) is 18.8. The Morgan fingerprint density at radius 1 is 1.14 bits per heavy atom. The molecule has 1 N–H and O–H groups in total. The summed E-state index contributed by atoms with van der Waals surface area (Å²) >= 11 is 0. The van der Waals surface area contributed by atoms with E-state index in [1.807, 2.05) is 0 Å². The van der Waals surface area contributed by atoms with Crippen molar-refractivity contribution >= 4 is 0 Å². The van der Waals surface area contributed by atoms with Crippen LogP contribution in [0.25, 0.3) is 0 Å². The highest BCUT2D eigenvalue weighted by molar-refractivity contribution is 4.89. The standard InChI is InChI=1S/C16H30F3NO/c1-5-20-13-8-7-12(15(2,3)4)11-14(13)21-10-6-9-16(17,18)19/h12-14,20H,5-11H2,1-4H3. The van der Waals surface area contributed by atoms with Crippen molar-refractivity contribution < 1.29 is 17.9 Å². The summed E-state index contributed by atoms with van der Waals surface area (Å²) in [5, 5.41) is 3.42. The zero-order valence-corrected chi connectivity index (χ0v) is 13.7. The molecule has 21 heavy (non-hydrogen) atoms. The van der Waals surface area contributed by atoms with E-state index in [1.54, 1.807) is 0 Å². The van der Waals surface area contributed by atoms with E-state index in [2.05, 4.69) is 33.0 Å². The molecule has 0 aromatic rings. The molecule has 1 fully saturated rings. The number of alkyl halides is 3. The summed E-state index contributed by atoms with van der Waals surface area (Å²) in [4.78, 5) is 0. The Balaban J connectivity index is 2.47. The molecule has 1 aliphatic rings. The van der Waals surface area contributed by atoms with Crippen molar-refractivity contribution in [1.29, 1.82) is 0 Å². The van der Waals surface area contributed by atoms with Gasteiger partial charge in [0.15, 0.2) is 0 Å². The van der Waals surface area contributed by atoms with Crippen LogP contribution >= 0.6 is 0 Å². The average Bonchev–Trinajstić information content (AvgIpc) is 2.34. The Labute approximate surface area is 126 Å². The highest BCUT2D eigenvalue weighted by Crippen LogP contribution is 2.39. The quantitative estimate of drug-likeness (QED) is 0.727. The molecule has 0 spiro atoms. The van der Waals surface area contributed by atoms with Crippen LogP contribution in [-0.2, 0) is 4.74 Å². The van der Waals surface area contributed by atoms with Crippen LogP contribution in [0.3, 0.4) is 0 Å². The van der Waals surface area contributed by atoms with Gasteiger partial charge in [-0.15, -0.1) is 0 Å². The molecule has 1 rings (SSSR count). The number of likely N-dealkylation sites (N-methyl/N-ethyl adjacent to an activating group) is 1. The van der Waals surface area contributed by atoms with Crippen LogP contribution < -0.4 is 5.32 Å². The Morgan fingerprint density at radius 2 is 1.81 bits per heavy atom. The van der Waals surface area contributed by atoms with Gasteiger partial charge in [-0.2, -0.15) is 13.2 Å². The predicted octanol–water partition coefficient (Wildman–Crippen LogP) is 4.54. The molecule has 3 atom stereocenters. The molecule has 0 aromatic carbocycles. The lowest BCUT2D eigenvalue weighted by molar-refractivity contribution is -0.140. The van der Waals surface area contributed by atoms with Gasteiger partial charge in [0.1, 0.15) is 0 Å². The largest absolute Gasteiger partial charge is 0.389 e. The Kier molecular flexibility index (Phi) is 6.98. The molecule has 0 aromatic heterocycles. The van der Waals surface area contributed by atoms with E-state index in [-0.39, 0.29) is 30.6 Å². The van der Waals surface area contributed by atoms with Crippen molar-refractivity contribution in [2.45, 2.75) is 78.1 Å². The summed E-state index contributed by atoms with van der Waals surface area (Å²) in [7, 11) is 0. The third kappa shape index (κ3) is 7.00. The van der Waals surface area contributed by atoms with Gasteiger partial charge in [-0.25, -0.2) is 0 Å². The topological polar surface area (TPSA) is 21.3 Å². The second kappa shape index (κ2) is 7.82. The minimum Gasteiger partial charge on any atom is -0.377 e. The van der Waals surface area contributed by atoms with E-state index >= 15 is 0 Å². The Bertz CT molecular complexity index is 299. The molecule has 1 aliphatic carbocycles. The first-order chi connectivity index (χ1) is 9.63. The van der Waals surface area contributed by atoms with Gasteiger partial charge in [0.05, 0.1) is 6.10 Å². The molecule has 0 amide bonds. The second-order valence-electron chi connectivity index (χ2n) is 7.17. The van der Waals surface area contributed by atoms with E-state index in [4.69, 9.17) is 4.74 Å². The monoisotopic (exact) mass is 309 g/mol. The van der Waals surface area contributed by atoms with Crippen molar-refractivity contribution in [2.24, 2.45) is 11.3 Å². The normalized spacial score (nSPS) is 27.9. The highest BCUT2D eigenvalue weighted by Gasteiger charge is 2.36. The maximum Gasteiger partial charge on any atom is 0.389 e. The van der Waals surface area contributed by atoms with Crippen molar-refractivity contribution in [2.75, 3.05) is 13.2 Å². The summed E-state index contributed by atoms with van der Waals surface area (Å²) in [5.74, 6) is 0.569. The first-order valence-electron chi connectivity index (χ1n) is 8.05. The highest BCUT2D eigenvalue weighted by atomic mass is 19.4. The molecule has 0 aliphatic heterocycles. The molecular weight excluding hydrogens is 279 g/mol. The van der Waals surface area contributed by atoms with E-state index < -0.39 is 12.6 Å². The Morgan fingerprint density at radius 3 is 2.33 bits per heavy atom. The average molecular weight is 309 g/mol. The van der Waals surface area contributed by atoms with Crippen LogP contribution in [0.15, 0.2) is 0 Å². The maximum atomic E-state index is 12.2. The van der Waals surface area contributed by atoms with Gasteiger partial charge in [0, 0.05) is 19.1 Å². The minimum atomic E-state index is -4.08. The molecule has 0 radical (unpaired) electrons. The van der Waals surface area contributed by atoms with Gasteiger partial charge in [-0.3, -0.25) is 0 Å². The lowest BCUT2D eigenvalue weighted by Crippen LogP contribution is -2.47. The van der Waals surface area contributed by atoms with Crippen LogP contribution in [0.2, 0.25) is 0 Å². The summed E-state index contributed by atoms with van der Waals surface area (Å²) in [6.07, 6.45) is -1.61. The van der Waals surface area contributed by atoms with Gasteiger partial charge >= 0.3 is 6.18 Å². The van der Waals surface area contributed by atoms with Gasteiger partial charge < -0.3 is 10.1 Å². The van der Waals surface area contributed by atoms with Crippen molar-refractivity contribution in [1.82, 2.24) is 5.32 Å². The summed E-state index contributed by atoms with van der Waals surface area (Å²) in [5.41, 5.74) is 0.227. The summed E-state index contributed by atoms with van der Waals surface area (Å²) in [6, 6.07) is 0.277. The number of hydrogen-bond donors (Lipinski definition) is 1. The van der Waals surface area contributed by atoms with Crippen molar-refractivity contribution in [3.63, 3.8) is 0 Å². The van der Waals surface area contributed by atoms with Crippen molar-refractivity contribution in [3.05, 3.63) is 0 Å². The molecule has 5 heteroatoms. The SMILES string of the molecule is CCNC1CCC(C(C)(C)C)CC1OCCCC(F)(F)F. The molecule has 2 nitrogen and oxygen atoms in total. The minimum absolute atomic E-state index is 0.0381. The van der Waals surface area contributed by atoms with Gasteiger partial charge in [0.2, 0.25) is 0 Å². The predicted molar refractivity (Wildman–Crippen MR) is 79.3 cm³/mol. The summed E-state index contributed by atoms with van der Waals surface area (Å²) in [6.45, 7) is 9.80. The number of rotatable bonds is 6. The first-order valence-corrected chi connectivity index (χ1v) is 8.05. The molecule has 0 bridgehead atoms. The zero-order valence-electron chi connectivity index (χ0n) is 13.7. The van der Waals surface area contributed by atoms with Gasteiger partial charge in [0.25, 0.3) is 0 Å². The number of halogens is 3. The second-order valence-corrected chi connectivity index (χ2v) is 7.17.